The summed E-state index contributed by atoms with van der Waals surface area (Å²) in [5.41, 5.74) is 2.39. The van der Waals surface area contributed by atoms with Gasteiger partial charge in [0, 0.05) is 6.20 Å². The van der Waals surface area contributed by atoms with Crippen molar-refractivity contribution in [2.24, 2.45) is 0 Å². The van der Waals surface area contributed by atoms with Crippen molar-refractivity contribution in [3.8, 4) is 0 Å². The first kappa shape index (κ1) is 9.72. The molecule has 1 N–H and O–H groups in total. The van der Waals surface area contributed by atoms with Crippen LogP contribution in [0.15, 0.2) is 23.1 Å². The second-order valence-electron chi connectivity index (χ2n) is 3.94. The van der Waals surface area contributed by atoms with Crippen LogP contribution < -0.4 is 4.87 Å². The molecule has 82 valence electrons. The summed E-state index contributed by atoms with van der Waals surface area (Å²) in [7, 11) is 0. The van der Waals surface area contributed by atoms with E-state index in [1.165, 1.54) is 16.9 Å². The van der Waals surface area contributed by atoms with Gasteiger partial charge < -0.3 is 0 Å². The van der Waals surface area contributed by atoms with Crippen molar-refractivity contribution < 1.29 is 0 Å². The Kier molecular flexibility index (Phi) is 2.32. The van der Waals surface area contributed by atoms with Gasteiger partial charge in [-0.3, -0.25) is 9.78 Å². The van der Waals surface area contributed by atoms with E-state index in [2.05, 4.69) is 21.2 Å². The number of hydrogen-bond acceptors (Lipinski definition) is 4. The van der Waals surface area contributed by atoms with Gasteiger partial charge in [0.15, 0.2) is 0 Å². The van der Waals surface area contributed by atoms with E-state index in [9.17, 15) is 4.79 Å². The average molecular weight is 233 g/mol. The SMILES string of the molecule is O=c1[nH]nc(C2CCCc3cccnc32)s1. The van der Waals surface area contributed by atoms with Crippen molar-refractivity contribution in [2.75, 3.05) is 0 Å². The largest absolute Gasteiger partial charge is 0.322 e. The highest BCUT2D eigenvalue weighted by atomic mass is 32.1. The first-order valence-corrected chi connectivity index (χ1v) is 6.15. The molecule has 2 aromatic rings. The van der Waals surface area contributed by atoms with Crippen LogP contribution in [-0.2, 0) is 6.42 Å². The summed E-state index contributed by atoms with van der Waals surface area (Å²) in [6.07, 6.45) is 5.06. The lowest BCUT2D eigenvalue weighted by atomic mass is 9.87. The molecule has 0 amide bonds. The van der Waals surface area contributed by atoms with Crippen LogP contribution >= 0.6 is 11.3 Å². The third-order valence-corrected chi connectivity index (χ3v) is 3.81. The lowest BCUT2D eigenvalue weighted by Gasteiger charge is -2.21. The van der Waals surface area contributed by atoms with Crippen molar-refractivity contribution in [1.29, 1.82) is 0 Å². The normalized spacial score (nSPS) is 19.4. The molecule has 2 aromatic heterocycles. The van der Waals surface area contributed by atoms with Gasteiger partial charge in [-0.15, -0.1) is 0 Å². The van der Waals surface area contributed by atoms with Crippen LogP contribution in [0.3, 0.4) is 0 Å². The summed E-state index contributed by atoms with van der Waals surface area (Å²) < 4.78 is 0. The lowest BCUT2D eigenvalue weighted by Crippen LogP contribution is -2.12. The maximum atomic E-state index is 11.1. The summed E-state index contributed by atoms with van der Waals surface area (Å²) in [6.45, 7) is 0. The van der Waals surface area contributed by atoms with Gasteiger partial charge in [0.2, 0.25) is 0 Å². The van der Waals surface area contributed by atoms with Crippen molar-refractivity contribution in [2.45, 2.75) is 25.2 Å². The molecule has 3 rings (SSSR count). The maximum absolute atomic E-state index is 11.1. The summed E-state index contributed by atoms with van der Waals surface area (Å²) in [4.78, 5) is 15.5. The number of aryl methyl sites for hydroxylation is 1. The Hall–Kier alpha value is -1.49. The van der Waals surface area contributed by atoms with E-state index in [0.29, 0.717) is 0 Å². The standard InChI is InChI=1S/C11H11N3OS/c15-11-14-13-10(16-11)8-5-1-3-7-4-2-6-12-9(7)8/h2,4,6,8H,1,3,5H2,(H,14,15). The quantitative estimate of drug-likeness (QED) is 0.815. The number of H-pyrrole nitrogens is 1. The molecule has 1 aliphatic carbocycles. The highest BCUT2D eigenvalue weighted by Gasteiger charge is 2.25. The van der Waals surface area contributed by atoms with Crippen molar-refractivity contribution in [3.63, 3.8) is 0 Å². The third kappa shape index (κ3) is 1.57. The van der Waals surface area contributed by atoms with Gasteiger partial charge in [-0.1, -0.05) is 17.4 Å². The van der Waals surface area contributed by atoms with E-state index in [-0.39, 0.29) is 10.8 Å². The molecule has 0 aliphatic heterocycles. The van der Waals surface area contributed by atoms with E-state index in [1.54, 1.807) is 0 Å². The van der Waals surface area contributed by atoms with Crippen molar-refractivity contribution >= 4 is 11.3 Å². The number of aromatic amines is 1. The number of nitrogens with zero attached hydrogens (tertiary/aromatic N) is 2. The number of pyridine rings is 1. The molecule has 1 aliphatic rings. The van der Waals surface area contributed by atoms with E-state index in [0.717, 1.165) is 30.0 Å². The number of hydrogen-bond donors (Lipinski definition) is 1. The molecule has 0 aromatic carbocycles. The molecule has 1 atom stereocenters. The summed E-state index contributed by atoms with van der Waals surface area (Å²) in [5.74, 6) is 0.203. The topological polar surface area (TPSA) is 58.6 Å². The Morgan fingerprint density at radius 3 is 3.25 bits per heavy atom. The fourth-order valence-electron chi connectivity index (χ4n) is 2.24. The molecule has 0 radical (unpaired) electrons. The van der Waals surface area contributed by atoms with Crippen LogP contribution in [0.2, 0.25) is 0 Å². The Labute approximate surface area is 96.4 Å². The van der Waals surface area contributed by atoms with Crippen LogP contribution in [0.1, 0.15) is 35.0 Å². The molecule has 2 heterocycles. The fraction of sp³-hybridized carbons (Fsp3) is 0.364. The zero-order chi connectivity index (χ0) is 11.0. The number of nitrogens with one attached hydrogen (secondary N) is 1. The minimum Gasteiger partial charge on any atom is -0.260 e. The summed E-state index contributed by atoms with van der Waals surface area (Å²) in [5, 5.41) is 7.43. The Balaban J connectivity index is 2.08. The molecule has 0 saturated carbocycles. The van der Waals surface area contributed by atoms with E-state index < -0.39 is 0 Å². The van der Waals surface area contributed by atoms with Gasteiger partial charge in [0.05, 0.1) is 11.6 Å². The second-order valence-corrected chi connectivity index (χ2v) is 4.94. The molecule has 0 spiro atoms. The van der Waals surface area contributed by atoms with E-state index in [1.807, 2.05) is 12.3 Å². The smallest absolute Gasteiger partial charge is 0.260 e. The zero-order valence-electron chi connectivity index (χ0n) is 8.64. The predicted molar refractivity (Wildman–Crippen MR) is 61.8 cm³/mol. The minimum absolute atomic E-state index is 0.0851. The van der Waals surface area contributed by atoms with Gasteiger partial charge >= 0.3 is 4.87 Å². The Bertz CT molecular complexity index is 560. The van der Waals surface area contributed by atoms with Crippen LogP contribution in [0, 0.1) is 0 Å². The third-order valence-electron chi connectivity index (χ3n) is 2.95. The minimum atomic E-state index is -0.0851. The first-order chi connectivity index (χ1) is 7.84. The molecule has 0 fully saturated rings. The summed E-state index contributed by atoms with van der Waals surface area (Å²) >= 11 is 1.20. The van der Waals surface area contributed by atoms with Gasteiger partial charge in [0.25, 0.3) is 0 Å². The van der Waals surface area contributed by atoms with Gasteiger partial charge in [-0.2, -0.15) is 5.10 Å². The molecule has 4 nitrogen and oxygen atoms in total. The van der Waals surface area contributed by atoms with Gasteiger partial charge in [-0.05, 0) is 30.9 Å². The second kappa shape index (κ2) is 3.83. The van der Waals surface area contributed by atoms with E-state index >= 15 is 0 Å². The van der Waals surface area contributed by atoms with Gasteiger partial charge in [-0.25, -0.2) is 5.10 Å². The van der Waals surface area contributed by atoms with E-state index in [4.69, 9.17) is 0 Å². The van der Waals surface area contributed by atoms with Crippen LogP contribution in [0.5, 0.6) is 0 Å². The van der Waals surface area contributed by atoms with Crippen LogP contribution in [-0.4, -0.2) is 15.2 Å². The first-order valence-electron chi connectivity index (χ1n) is 5.34. The van der Waals surface area contributed by atoms with Crippen molar-refractivity contribution in [3.05, 3.63) is 44.3 Å². The Morgan fingerprint density at radius 2 is 2.44 bits per heavy atom. The molecule has 0 saturated heterocycles. The van der Waals surface area contributed by atoms with Gasteiger partial charge in [0.1, 0.15) is 5.01 Å². The molecule has 5 heteroatoms. The highest BCUT2D eigenvalue weighted by Crippen LogP contribution is 2.34. The molecule has 0 bridgehead atoms. The zero-order valence-corrected chi connectivity index (χ0v) is 9.46. The number of aromatic nitrogens is 3. The molecule has 1 unspecified atom stereocenters. The number of rotatable bonds is 1. The molecular formula is C11H11N3OS. The van der Waals surface area contributed by atoms with Crippen LogP contribution in [0.4, 0.5) is 0 Å². The summed E-state index contributed by atoms with van der Waals surface area (Å²) in [6, 6.07) is 4.08. The monoisotopic (exact) mass is 233 g/mol. The fourth-order valence-corrected chi connectivity index (χ4v) is 2.98. The van der Waals surface area contributed by atoms with Crippen molar-refractivity contribution in [1.82, 2.24) is 15.2 Å². The average Bonchev–Trinajstić information content (AvgIpc) is 2.75. The lowest BCUT2D eigenvalue weighted by molar-refractivity contribution is 0.592. The maximum Gasteiger partial charge on any atom is 0.322 e. The number of fused-ring (bicyclic) bond motifs is 1. The Morgan fingerprint density at radius 1 is 1.50 bits per heavy atom. The van der Waals surface area contributed by atoms with Crippen LogP contribution in [0.25, 0.3) is 0 Å². The highest BCUT2D eigenvalue weighted by molar-refractivity contribution is 7.08. The predicted octanol–water partition coefficient (Wildman–Crippen LogP) is 1.69. The molecule has 16 heavy (non-hydrogen) atoms. The molecular weight excluding hydrogens is 222 g/mol.